The Morgan fingerprint density at radius 1 is 1.53 bits per heavy atom. The van der Waals surface area contributed by atoms with Crippen molar-refractivity contribution < 1.29 is 4.74 Å². The van der Waals surface area contributed by atoms with Crippen molar-refractivity contribution in [3.8, 4) is 0 Å². The largest absolute Gasteiger partial charge is 0.394 e. The summed E-state index contributed by atoms with van der Waals surface area (Å²) in [5.41, 5.74) is 7.71. The van der Waals surface area contributed by atoms with Gasteiger partial charge in [0.05, 0.1) is 30.6 Å². The number of nitrogen functional groups attached to an aromatic ring is 1. The Kier molecular flexibility index (Phi) is 2.56. The van der Waals surface area contributed by atoms with Crippen LogP contribution in [0.3, 0.4) is 0 Å². The Morgan fingerprint density at radius 3 is 2.80 bits per heavy atom. The molecule has 5 nitrogen and oxygen atoms in total. The molecule has 1 fully saturated rings. The number of nitrogens with two attached hydrogens (primary N) is 1. The van der Waals surface area contributed by atoms with E-state index >= 15 is 0 Å². The van der Waals surface area contributed by atoms with E-state index < -0.39 is 0 Å². The molecule has 2 rings (SSSR count). The van der Waals surface area contributed by atoms with Crippen LogP contribution in [0.2, 0.25) is 0 Å². The molecule has 1 atom stereocenters. The number of ether oxygens (including phenoxy) is 1. The molecule has 1 unspecified atom stereocenters. The van der Waals surface area contributed by atoms with E-state index in [0.717, 1.165) is 37.0 Å². The van der Waals surface area contributed by atoms with Gasteiger partial charge in [0.25, 0.3) is 0 Å². The van der Waals surface area contributed by atoms with Crippen LogP contribution in [-0.4, -0.2) is 35.6 Å². The molecule has 1 aromatic rings. The van der Waals surface area contributed by atoms with Gasteiger partial charge in [-0.05, 0) is 13.8 Å². The molecule has 1 aliphatic rings. The molecule has 0 bridgehead atoms. The molecule has 0 amide bonds. The van der Waals surface area contributed by atoms with Gasteiger partial charge < -0.3 is 15.4 Å². The van der Waals surface area contributed by atoms with Crippen molar-refractivity contribution >= 4 is 11.5 Å². The lowest BCUT2D eigenvalue weighted by molar-refractivity contribution is 0.0982. The molecule has 0 spiro atoms. The van der Waals surface area contributed by atoms with Crippen LogP contribution in [-0.2, 0) is 11.8 Å². The SMILES string of the molecule is Cc1nn(C)c(N2CCOCC2C)c1N. The van der Waals surface area contributed by atoms with Gasteiger partial charge in [0, 0.05) is 13.6 Å². The van der Waals surface area contributed by atoms with Gasteiger partial charge in [-0.25, -0.2) is 0 Å². The lowest BCUT2D eigenvalue weighted by Crippen LogP contribution is -2.44. The van der Waals surface area contributed by atoms with Gasteiger partial charge in [0.1, 0.15) is 0 Å². The summed E-state index contributed by atoms with van der Waals surface area (Å²) in [7, 11) is 1.93. The quantitative estimate of drug-likeness (QED) is 0.735. The van der Waals surface area contributed by atoms with Crippen molar-refractivity contribution in [3.63, 3.8) is 0 Å². The van der Waals surface area contributed by atoms with E-state index in [4.69, 9.17) is 10.5 Å². The Hall–Kier alpha value is -1.23. The van der Waals surface area contributed by atoms with Crippen LogP contribution >= 0.6 is 0 Å². The van der Waals surface area contributed by atoms with Crippen molar-refractivity contribution in [1.82, 2.24) is 9.78 Å². The van der Waals surface area contributed by atoms with Gasteiger partial charge in [0.15, 0.2) is 5.82 Å². The summed E-state index contributed by atoms with van der Waals surface area (Å²) in [5, 5.41) is 4.33. The first-order chi connectivity index (χ1) is 7.11. The minimum Gasteiger partial charge on any atom is -0.394 e. The van der Waals surface area contributed by atoms with Crippen molar-refractivity contribution in [1.29, 1.82) is 0 Å². The standard InChI is InChI=1S/C10H18N4O/c1-7-6-15-5-4-14(7)10-9(11)8(2)12-13(10)3/h7H,4-6,11H2,1-3H3. The highest BCUT2D eigenvalue weighted by atomic mass is 16.5. The van der Waals surface area contributed by atoms with Crippen LogP contribution in [0.1, 0.15) is 12.6 Å². The van der Waals surface area contributed by atoms with Gasteiger partial charge in [-0.3, -0.25) is 4.68 Å². The number of rotatable bonds is 1. The first-order valence-corrected chi connectivity index (χ1v) is 5.24. The molecule has 1 aromatic heterocycles. The number of morpholine rings is 1. The summed E-state index contributed by atoms with van der Waals surface area (Å²) in [5.74, 6) is 1.02. The van der Waals surface area contributed by atoms with Crippen LogP contribution in [0, 0.1) is 6.92 Å². The van der Waals surface area contributed by atoms with Crippen LogP contribution in [0.15, 0.2) is 0 Å². The highest BCUT2D eigenvalue weighted by Gasteiger charge is 2.24. The fourth-order valence-electron chi connectivity index (χ4n) is 2.04. The first-order valence-electron chi connectivity index (χ1n) is 5.24. The molecule has 2 heterocycles. The highest BCUT2D eigenvalue weighted by molar-refractivity contribution is 5.66. The molecular weight excluding hydrogens is 192 g/mol. The molecular formula is C10H18N4O. The van der Waals surface area contributed by atoms with Crippen molar-refractivity contribution in [2.45, 2.75) is 19.9 Å². The number of anilines is 2. The van der Waals surface area contributed by atoms with Crippen LogP contribution in [0.5, 0.6) is 0 Å². The Balaban J connectivity index is 2.35. The summed E-state index contributed by atoms with van der Waals surface area (Å²) in [4.78, 5) is 2.26. The summed E-state index contributed by atoms with van der Waals surface area (Å²) < 4.78 is 7.26. The average molecular weight is 210 g/mol. The Morgan fingerprint density at radius 2 is 2.27 bits per heavy atom. The predicted octanol–water partition coefficient (Wildman–Crippen LogP) is 0.536. The predicted molar refractivity (Wildman–Crippen MR) is 60.0 cm³/mol. The maximum absolute atomic E-state index is 6.03. The zero-order valence-corrected chi connectivity index (χ0v) is 9.53. The fraction of sp³-hybridized carbons (Fsp3) is 0.700. The Bertz CT molecular complexity index is 361. The molecule has 0 radical (unpaired) electrons. The second kappa shape index (κ2) is 3.73. The van der Waals surface area contributed by atoms with E-state index in [1.807, 2.05) is 18.7 Å². The van der Waals surface area contributed by atoms with Gasteiger partial charge in [0.2, 0.25) is 0 Å². The first kappa shape index (κ1) is 10.3. The minimum absolute atomic E-state index is 0.357. The Labute approximate surface area is 89.8 Å². The van der Waals surface area contributed by atoms with Crippen molar-refractivity contribution in [3.05, 3.63) is 5.69 Å². The summed E-state index contributed by atoms with van der Waals surface area (Å²) >= 11 is 0. The van der Waals surface area contributed by atoms with E-state index in [0.29, 0.717) is 6.04 Å². The number of hydrogen-bond acceptors (Lipinski definition) is 4. The third-order valence-corrected chi connectivity index (χ3v) is 2.88. The van der Waals surface area contributed by atoms with Gasteiger partial charge in [-0.1, -0.05) is 0 Å². The van der Waals surface area contributed by atoms with E-state index in [2.05, 4.69) is 16.9 Å². The normalized spacial score (nSPS) is 22.1. The van der Waals surface area contributed by atoms with E-state index in [-0.39, 0.29) is 0 Å². The smallest absolute Gasteiger partial charge is 0.150 e. The second-order valence-electron chi connectivity index (χ2n) is 4.06. The van der Waals surface area contributed by atoms with E-state index in [1.165, 1.54) is 0 Å². The fourth-order valence-corrected chi connectivity index (χ4v) is 2.04. The summed E-state index contributed by atoms with van der Waals surface area (Å²) in [6.45, 7) is 6.47. The van der Waals surface area contributed by atoms with E-state index in [1.54, 1.807) is 0 Å². The third kappa shape index (κ3) is 1.67. The minimum atomic E-state index is 0.357. The molecule has 2 N–H and O–H groups in total. The molecule has 0 saturated carbocycles. The molecule has 0 aliphatic carbocycles. The maximum atomic E-state index is 6.03. The monoisotopic (exact) mass is 210 g/mol. The summed E-state index contributed by atoms with van der Waals surface area (Å²) in [6, 6.07) is 0.357. The van der Waals surface area contributed by atoms with Crippen molar-refractivity contribution in [2.24, 2.45) is 7.05 Å². The molecule has 5 heteroatoms. The number of aryl methyl sites for hydroxylation is 2. The molecule has 0 aromatic carbocycles. The number of aromatic nitrogens is 2. The van der Waals surface area contributed by atoms with Crippen LogP contribution in [0.4, 0.5) is 11.5 Å². The third-order valence-electron chi connectivity index (χ3n) is 2.88. The average Bonchev–Trinajstić information content (AvgIpc) is 2.43. The molecule has 15 heavy (non-hydrogen) atoms. The maximum Gasteiger partial charge on any atom is 0.150 e. The topological polar surface area (TPSA) is 56.3 Å². The van der Waals surface area contributed by atoms with Crippen LogP contribution < -0.4 is 10.6 Å². The van der Waals surface area contributed by atoms with Gasteiger partial charge in [-0.15, -0.1) is 0 Å². The lowest BCUT2D eigenvalue weighted by atomic mass is 10.2. The lowest BCUT2D eigenvalue weighted by Gasteiger charge is -2.35. The zero-order chi connectivity index (χ0) is 11.0. The summed E-state index contributed by atoms with van der Waals surface area (Å²) in [6.07, 6.45) is 0. The molecule has 84 valence electrons. The van der Waals surface area contributed by atoms with Gasteiger partial charge in [-0.2, -0.15) is 5.10 Å². The highest BCUT2D eigenvalue weighted by Crippen LogP contribution is 2.28. The second-order valence-corrected chi connectivity index (χ2v) is 4.06. The molecule has 1 saturated heterocycles. The van der Waals surface area contributed by atoms with Crippen LogP contribution in [0.25, 0.3) is 0 Å². The van der Waals surface area contributed by atoms with Gasteiger partial charge >= 0.3 is 0 Å². The zero-order valence-electron chi connectivity index (χ0n) is 9.53. The van der Waals surface area contributed by atoms with Crippen molar-refractivity contribution in [2.75, 3.05) is 30.4 Å². The number of nitrogens with zero attached hydrogens (tertiary/aromatic N) is 3. The molecule has 1 aliphatic heterocycles. The van der Waals surface area contributed by atoms with E-state index in [9.17, 15) is 0 Å². The number of hydrogen-bond donors (Lipinski definition) is 1.